The Labute approximate surface area is 97.5 Å². The van der Waals surface area contributed by atoms with E-state index in [1.54, 1.807) is 0 Å². The average molecular weight is 222 g/mol. The molecule has 16 heavy (non-hydrogen) atoms. The van der Waals surface area contributed by atoms with Crippen molar-refractivity contribution in [3.63, 3.8) is 0 Å². The number of nitrogens with zero attached hydrogens (tertiary/aromatic N) is 2. The minimum Gasteiger partial charge on any atom is -0.393 e. The molecule has 1 heterocycles. The van der Waals surface area contributed by atoms with Crippen LogP contribution in [0.15, 0.2) is 12.4 Å². The van der Waals surface area contributed by atoms with Crippen molar-refractivity contribution >= 4 is 0 Å². The van der Waals surface area contributed by atoms with E-state index >= 15 is 0 Å². The molecule has 1 aromatic heterocycles. The molecule has 0 aromatic carbocycles. The second-order valence-corrected chi connectivity index (χ2v) is 5.03. The quantitative estimate of drug-likeness (QED) is 0.849. The summed E-state index contributed by atoms with van der Waals surface area (Å²) in [5.41, 5.74) is 1.23. The van der Waals surface area contributed by atoms with Crippen molar-refractivity contribution in [2.45, 2.75) is 51.0 Å². The molecule has 1 unspecified atom stereocenters. The van der Waals surface area contributed by atoms with E-state index in [9.17, 15) is 5.11 Å². The fourth-order valence-corrected chi connectivity index (χ4v) is 2.67. The Morgan fingerprint density at radius 2 is 2.19 bits per heavy atom. The molecule has 1 aliphatic rings. The molecule has 0 amide bonds. The van der Waals surface area contributed by atoms with Crippen LogP contribution in [0.5, 0.6) is 0 Å². The first kappa shape index (κ1) is 11.6. The van der Waals surface area contributed by atoms with Crippen molar-refractivity contribution in [2.24, 2.45) is 13.0 Å². The lowest BCUT2D eigenvalue weighted by molar-refractivity contribution is 0.0775. The monoisotopic (exact) mass is 222 g/mol. The second-order valence-electron chi connectivity index (χ2n) is 5.03. The van der Waals surface area contributed by atoms with E-state index in [2.05, 4.69) is 5.10 Å². The first-order chi connectivity index (χ1) is 7.75. The highest BCUT2D eigenvalue weighted by Crippen LogP contribution is 2.28. The summed E-state index contributed by atoms with van der Waals surface area (Å²) in [6, 6.07) is 0. The van der Waals surface area contributed by atoms with E-state index in [1.807, 2.05) is 24.1 Å². The van der Waals surface area contributed by atoms with Crippen molar-refractivity contribution in [2.75, 3.05) is 0 Å². The van der Waals surface area contributed by atoms with Crippen LogP contribution in [-0.2, 0) is 13.5 Å². The third-order valence-corrected chi connectivity index (χ3v) is 3.68. The van der Waals surface area contributed by atoms with Gasteiger partial charge in [0.1, 0.15) is 0 Å². The number of hydrogen-bond donors (Lipinski definition) is 1. The lowest BCUT2D eigenvalue weighted by atomic mass is 9.83. The molecule has 1 aliphatic carbocycles. The van der Waals surface area contributed by atoms with Gasteiger partial charge in [0.2, 0.25) is 0 Å². The van der Waals surface area contributed by atoms with Gasteiger partial charge in [-0.2, -0.15) is 5.10 Å². The molecule has 2 rings (SSSR count). The van der Waals surface area contributed by atoms with Gasteiger partial charge < -0.3 is 5.11 Å². The zero-order valence-electron chi connectivity index (χ0n) is 10.1. The van der Waals surface area contributed by atoms with Crippen molar-refractivity contribution in [3.05, 3.63) is 18.0 Å². The molecule has 3 nitrogen and oxygen atoms in total. The van der Waals surface area contributed by atoms with Crippen LogP contribution in [0.4, 0.5) is 0 Å². The molecule has 0 radical (unpaired) electrons. The summed E-state index contributed by atoms with van der Waals surface area (Å²) in [7, 11) is 1.93. The lowest BCUT2D eigenvalue weighted by Crippen LogP contribution is -2.23. The molecule has 0 saturated heterocycles. The van der Waals surface area contributed by atoms with Gasteiger partial charge >= 0.3 is 0 Å². The van der Waals surface area contributed by atoms with Gasteiger partial charge in [0.25, 0.3) is 0 Å². The molecule has 1 saturated carbocycles. The third-order valence-electron chi connectivity index (χ3n) is 3.68. The summed E-state index contributed by atoms with van der Waals surface area (Å²) in [6.45, 7) is 0. The average Bonchev–Trinajstić information content (AvgIpc) is 2.73. The minimum absolute atomic E-state index is 0.111. The van der Waals surface area contributed by atoms with Crippen molar-refractivity contribution in [3.8, 4) is 0 Å². The van der Waals surface area contributed by atoms with Crippen molar-refractivity contribution in [1.82, 2.24) is 9.78 Å². The van der Waals surface area contributed by atoms with Crippen LogP contribution in [0.2, 0.25) is 0 Å². The predicted molar refractivity (Wildman–Crippen MR) is 64.1 cm³/mol. The first-order valence-corrected chi connectivity index (χ1v) is 6.41. The highest BCUT2D eigenvalue weighted by atomic mass is 16.3. The molecule has 1 N–H and O–H groups in total. The number of aryl methyl sites for hydroxylation is 2. The molecule has 3 heteroatoms. The van der Waals surface area contributed by atoms with Crippen LogP contribution < -0.4 is 0 Å². The Morgan fingerprint density at radius 3 is 2.81 bits per heavy atom. The van der Waals surface area contributed by atoms with Gasteiger partial charge in [0, 0.05) is 13.2 Å². The Balaban J connectivity index is 1.76. The normalized spacial score (nSPS) is 19.9. The molecule has 1 atom stereocenters. The largest absolute Gasteiger partial charge is 0.393 e. The summed E-state index contributed by atoms with van der Waals surface area (Å²) in [4.78, 5) is 0. The summed E-state index contributed by atoms with van der Waals surface area (Å²) >= 11 is 0. The van der Waals surface area contributed by atoms with Crippen LogP contribution in [0.3, 0.4) is 0 Å². The van der Waals surface area contributed by atoms with E-state index in [1.165, 1.54) is 37.7 Å². The maximum Gasteiger partial charge on any atom is 0.0571 e. The van der Waals surface area contributed by atoms with Gasteiger partial charge in [-0.05, 0) is 37.2 Å². The van der Waals surface area contributed by atoms with Gasteiger partial charge in [-0.3, -0.25) is 4.68 Å². The molecule has 1 fully saturated rings. The van der Waals surface area contributed by atoms with E-state index in [0.717, 1.165) is 12.8 Å². The summed E-state index contributed by atoms with van der Waals surface area (Å²) in [5.74, 6) is 0.547. The van der Waals surface area contributed by atoms with Gasteiger partial charge in [0.15, 0.2) is 0 Å². The summed E-state index contributed by atoms with van der Waals surface area (Å²) in [5, 5.41) is 14.3. The van der Waals surface area contributed by atoms with Crippen LogP contribution >= 0.6 is 0 Å². The fourth-order valence-electron chi connectivity index (χ4n) is 2.67. The Hall–Kier alpha value is -0.830. The number of hydrogen-bond acceptors (Lipinski definition) is 2. The van der Waals surface area contributed by atoms with Crippen molar-refractivity contribution < 1.29 is 5.11 Å². The van der Waals surface area contributed by atoms with Gasteiger partial charge in [-0.1, -0.05) is 19.3 Å². The SMILES string of the molecule is Cn1cc(CCC(O)C2CCCCC2)cn1. The molecular formula is C13H22N2O. The minimum atomic E-state index is -0.111. The van der Waals surface area contributed by atoms with Gasteiger partial charge in [-0.25, -0.2) is 0 Å². The number of aliphatic hydroxyl groups is 1. The zero-order chi connectivity index (χ0) is 11.4. The molecule has 90 valence electrons. The number of aliphatic hydroxyl groups excluding tert-OH is 1. The first-order valence-electron chi connectivity index (χ1n) is 6.41. The molecule has 0 bridgehead atoms. The van der Waals surface area contributed by atoms with Gasteiger partial charge in [-0.15, -0.1) is 0 Å². The number of aromatic nitrogens is 2. The second kappa shape index (κ2) is 5.48. The Bertz CT molecular complexity index is 315. The standard InChI is InChI=1S/C13H22N2O/c1-15-10-11(9-14-15)7-8-13(16)12-5-3-2-4-6-12/h9-10,12-13,16H,2-8H2,1H3. The highest BCUT2D eigenvalue weighted by Gasteiger charge is 2.21. The Morgan fingerprint density at radius 1 is 1.44 bits per heavy atom. The van der Waals surface area contributed by atoms with E-state index in [-0.39, 0.29) is 6.10 Å². The third kappa shape index (κ3) is 3.08. The van der Waals surface area contributed by atoms with Crippen LogP contribution in [0.25, 0.3) is 0 Å². The lowest BCUT2D eigenvalue weighted by Gasteiger charge is -2.26. The molecule has 0 aliphatic heterocycles. The smallest absolute Gasteiger partial charge is 0.0571 e. The Kier molecular flexibility index (Phi) is 3.99. The molecule has 1 aromatic rings. The van der Waals surface area contributed by atoms with E-state index < -0.39 is 0 Å². The number of rotatable bonds is 4. The van der Waals surface area contributed by atoms with Crippen LogP contribution in [0, 0.1) is 5.92 Å². The maximum absolute atomic E-state index is 10.1. The van der Waals surface area contributed by atoms with E-state index in [0.29, 0.717) is 5.92 Å². The maximum atomic E-state index is 10.1. The summed E-state index contributed by atoms with van der Waals surface area (Å²) in [6.07, 6.45) is 12.0. The predicted octanol–water partition coefficient (Wildman–Crippen LogP) is 2.29. The molecular weight excluding hydrogens is 200 g/mol. The van der Waals surface area contributed by atoms with Crippen molar-refractivity contribution in [1.29, 1.82) is 0 Å². The zero-order valence-corrected chi connectivity index (χ0v) is 10.1. The summed E-state index contributed by atoms with van der Waals surface area (Å²) < 4.78 is 1.82. The fraction of sp³-hybridized carbons (Fsp3) is 0.769. The van der Waals surface area contributed by atoms with Crippen LogP contribution in [-0.4, -0.2) is 21.0 Å². The topological polar surface area (TPSA) is 38.0 Å². The van der Waals surface area contributed by atoms with Crippen LogP contribution in [0.1, 0.15) is 44.1 Å². The van der Waals surface area contributed by atoms with Gasteiger partial charge in [0.05, 0.1) is 12.3 Å². The van der Waals surface area contributed by atoms with E-state index in [4.69, 9.17) is 0 Å². The molecule has 0 spiro atoms. The highest BCUT2D eigenvalue weighted by molar-refractivity contribution is 5.03.